The minimum atomic E-state index is 0. The monoisotopic (exact) mass is 223 g/mol. The Morgan fingerprint density at radius 2 is 1.85 bits per heavy atom. The second kappa shape index (κ2) is 4.33. The summed E-state index contributed by atoms with van der Waals surface area (Å²) in [5.74, 6) is 0.148. The molecule has 0 unspecified atom stereocenters. The Bertz CT molecular complexity index is 363. The zero-order chi connectivity index (χ0) is 8.72. The molecule has 1 aliphatic carbocycles. The zero-order valence-corrected chi connectivity index (χ0v) is 10.7. The fourth-order valence-electron chi connectivity index (χ4n) is 1.48. The van der Waals surface area contributed by atoms with Crippen molar-refractivity contribution in [3.05, 3.63) is 33.3 Å². The fourth-order valence-corrected chi connectivity index (χ4v) is 2.07. The summed E-state index contributed by atoms with van der Waals surface area (Å²) in [7, 11) is 0. The SMILES string of the molecule is O=C1CCc2c(Cl)cc(Cl)cc21.[Na]. The zero-order valence-electron chi connectivity index (χ0n) is 7.23. The van der Waals surface area contributed by atoms with E-state index in [2.05, 4.69) is 0 Å². The minimum absolute atomic E-state index is 0. The van der Waals surface area contributed by atoms with Gasteiger partial charge in [-0.1, -0.05) is 23.2 Å². The molecule has 0 saturated heterocycles. The van der Waals surface area contributed by atoms with Gasteiger partial charge >= 0.3 is 0 Å². The van der Waals surface area contributed by atoms with Crippen molar-refractivity contribution < 1.29 is 4.79 Å². The first kappa shape index (κ1) is 11.5. The first-order valence-corrected chi connectivity index (χ1v) is 4.45. The summed E-state index contributed by atoms with van der Waals surface area (Å²) in [5.41, 5.74) is 1.65. The normalized spacial score (nSPS) is 13.8. The van der Waals surface area contributed by atoms with Gasteiger partial charge in [0.05, 0.1) is 0 Å². The second-order valence-corrected chi connectivity index (χ2v) is 3.68. The van der Waals surface area contributed by atoms with Gasteiger partial charge in [-0.05, 0) is 24.1 Å². The maximum atomic E-state index is 11.3. The van der Waals surface area contributed by atoms with Crippen LogP contribution in [0, 0.1) is 0 Å². The van der Waals surface area contributed by atoms with Gasteiger partial charge in [-0.2, -0.15) is 0 Å². The number of Topliss-reactive ketones (excluding diaryl/α,β-unsaturated/α-hetero) is 1. The van der Waals surface area contributed by atoms with Crippen molar-refractivity contribution in [2.24, 2.45) is 0 Å². The molecule has 63 valence electrons. The molecule has 0 saturated carbocycles. The minimum Gasteiger partial charge on any atom is -0.294 e. The van der Waals surface area contributed by atoms with E-state index in [1.165, 1.54) is 0 Å². The summed E-state index contributed by atoms with van der Waals surface area (Å²) >= 11 is 11.7. The molecule has 0 atom stereocenters. The molecule has 0 heterocycles. The molecule has 13 heavy (non-hydrogen) atoms. The number of ketones is 1. The maximum Gasteiger partial charge on any atom is 0.163 e. The van der Waals surface area contributed by atoms with Gasteiger partial charge in [-0.25, -0.2) is 0 Å². The van der Waals surface area contributed by atoms with Crippen molar-refractivity contribution in [3.63, 3.8) is 0 Å². The van der Waals surface area contributed by atoms with E-state index in [0.29, 0.717) is 22.0 Å². The average Bonchev–Trinajstić information content (AvgIpc) is 2.33. The quantitative estimate of drug-likeness (QED) is 0.619. The van der Waals surface area contributed by atoms with Gasteiger partial charge in [0, 0.05) is 51.6 Å². The Morgan fingerprint density at radius 3 is 2.54 bits per heavy atom. The molecule has 0 aliphatic heterocycles. The summed E-state index contributed by atoms with van der Waals surface area (Å²) < 4.78 is 0. The van der Waals surface area contributed by atoms with Crippen LogP contribution in [0.5, 0.6) is 0 Å². The van der Waals surface area contributed by atoms with Crippen LogP contribution in [-0.2, 0) is 6.42 Å². The van der Waals surface area contributed by atoms with E-state index >= 15 is 0 Å². The Hall–Kier alpha value is 0.470. The topological polar surface area (TPSA) is 17.1 Å². The predicted molar refractivity (Wildman–Crippen MR) is 54.9 cm³/mol. The van der Waals surface area contributed by atoms with Crippen molar-refractivity contribution in [2.75, 3.05) is 0 Å². The molecule has 0 aromatic heterocycles. The van der Waals surface area contributed by atoms with Gasteiger partial charge in [0.1, 0.15) is 0 Å². The molecule has 1 nitrogen and oxygen atoms in total. The molecule has 4 heteroatoms. The smallest absolute Gasteiger partial charge is 0.163 e. The number of benzene rings is 1. The van der Waals surface area contributed by atoms with Gasteiger partial charge in [0.15, 0.2) is 5.78 Å². The summed E-state index contributed by atoms with van der Waals surface area (Å²) in [4.78, 5) is 11.3. The van der Waals surface area contributed by atoms with E-state index < -0.39 is 0 Å². The van der Waals surface area contributed by atoms with Gasteiger partial charge in [0.2, 0.25) is 0 Å². The van der Waals surface area contributed by atoms with Gasteiger partial charge in [-0.3, -0.25) is 4.79 Å². The largest absolute Gasteiger partial charge is 0.294 e. The van der Waals surface area contributed by atoms with E-state index in [0.717, 1.165) is 12.0 Å². The van der Waals surface area contributed by atoms with Gasteiger partial charge < -0.3 is 0 Å². The Labute approximate surface area is 109 Å². The van der Waals surface area contributed by atoms with E-state index in [4.69, 9.17) is 23.2 Å². The van der Waals surface area contributed by atoms with Gasteiger partial charge in [-0.15, -0.1) is 0 Å². The molecule has 1 aliphatic rings. The van der Waals surface area contributed by atoms with Crippen LogP contribution in [0.4, 0.5) is 0 Å². The Morgan fingerprint density at radius 1 is 1.15 bits per heavy atom. The summed E-state index contributed by atoms with van der Waals surface area (Å²) in [6, 6.07) is 3.37. The van der Waals surface area contributed by atoms with E-state index in [-0.39, 0.29) is 35.3 Å². The molecule has 1 aromatic carbocycles. The third-order valence-corrected chi connectivity index (χ3v) is 2.62. The molecule has 1 aromatic rings. The van der Waals surface area contributed by atoms with Crippen molar-refractivity contribution in [2.45, 2.75) is 12.8 Å². The van der Waals surface area contributed by atoms with Crippen molar-refractivity contribution in [1.82, 2.24) is 0 Å². The molecule has 2 rings (SSSR count). The fraction of sp³-hybridized carbons (Fsp3) is 0.222. The number of rotatable bonds is 0. The number of fused-ring (bicyclic) bond motifs is 1. The molecular weight excluding hydrogens is 218 g/mol. The van der Waals surface area contributed by atoms with Crippen LogP contribution in [0.1, 0.15) is 22.3 Å². The van der Waals surface area contributed by atoms with Crippen LogP contribution in [0.3, 0.4) is 0 Å². The average molecular weight is 224 g/mol. The number of hydrogen-bond donors (Lipinski definition) is 0. The molecule has 1 radical (unpaired) electrons. The summed E-state index contributed by atoms with van der Waals surface area (Å²) in [5, 5.41) is 1.15. The van der Waals surface area contributed by atoms with Crippen LogP contribution >= 0.6 is 23.2 Å². The molecule has 0 N–H and O–H groups in total. The van der Waals surface area contributed by atoms with Crippen LogP contribution in [0.2, 0.25) is 10.0 Å². The third kappa shape index (κ3) is 2.11. The summed E-state index contributed by atoms with van der Waals surface area (Å²) in [6.07, 6.45) is 1.32. The Kier molecular flexibility index (Phi) is 3.84. The molecule has 0 bridgehead atoms. The van der Waals surface area contributed by atoms with Crippen LogP contribution in [-0.4, -0.2) is 35.3 Å². The molecular formula is C9H6Cl2NaO. The second-order valence-electron chi connectivity index (χ2n) is 2.84. The third-order valence-electron chi connectivity index (χ3n) is 2.06. The standard InChI is InChI=1S/C9H6Cl2O.Na/c10-5-3-7-6(8(11)4-5)1-2-9(7)12;/h3-4H,1-2H2;. The van der Waals surface area contributed by atoms with Crippen LogP contribution in [0.15, 0.2) is 12.1 Å². The molecule has 0 amide bonds. The number of hydrogen-bond acceptors (Lipinski definition) is 1. The number of carbonyl (C=O) groups is 1. The van der Waals surface area contributed by atoms with Crippen LogP contribution < -0.4 is 0 Å². The van der Waals surface area contributed by atoms with Crippen molar-refractivity contribution in [3.8, 4) is 0 Å². The first-order valence-electron chi connectivity index (χ1n) is 3.69. The van der Waals surface area contributed by atoms with E-state index in [9.17, 15) is 4.79 Å². The first-order chi connectivity index (χ1) is 5.68. The number of carbonyl (C=O) groups excluding carboxylic acids is 1. The molecule has 0 spiro atoms. The van der Waals surface area contributed by atoms with E-state index in [1.807, 2.05) is 0 Å². The maximum absolute atomic E-state index is 11.3. The predicted octanol–water partition coefficient (Wildman–Crippen LogP) is 2.74. The van der Waals surface area contributed by atoms with Crippen LogP contribution in [0.25, 0.3) is 0 Å². The Balaban J connectivity index is 0.000000845. The van der Waals surface area contributed by atoms with Crippen molar-refractivity contribution >= 4 is 58.5 Å². The van der Waals surface area contributed by atoms with E-state index in [1.54, 1.807) is 12.1 Å². The van der Waals surface area contributed by atoms with Crippen molar-refractivity contribution in [1.29, 1.82) is 0 Å². The van der Waals surface area contributed by atoms with Gasteiger partial charge in [0.25, 0.3) is 0 Å². The number of halogens is 2. The molecule has 0 fully saturated rings. The summed E-state index contributed by atoms with van der Waals surface area (Å²) in [6.45, 7) is 0.